The average Bonchev–Trinajstić information content (AvgIpc) is 2.80. The molecular weight excluding hydrogens is 322 g/mol. The molecular formula is C16H19ClF2N4. The number of aromatic nitrogens is 2. The molecule has 0 aliphatic rings. The van der Waals surface area contributed by atoms with Gasteiger partial charge in [-0.1, -0.05) is 11.6 Å². The van der Waals surface area contributed by atoms with E-state index in [4.69, 9.17) is 17.3 Å². The number of rotatable bonds is 4. The Balaban J connectivity index is 2.63. The Morgan fingerprint density at radius 2 is 2.04 bits per heavy atom. The van der Waals surface area contributed by atoms with Crippen LogP contribution in [0, 0.1) is 12.7 Å². The minimum absolute atomic E-state index is 0.0864. The van der Waals surface area contributed by atoms with E-state index in [-0.39, 0.29) is 22.8 Å². The number of imidazole rings is 1. The minimum atomic E-state index is -0.761. The van der Waals surface area contributed by atoms with Gasteiger partial charge < -0.3 is 10.3 Å². The third-order valence-electron chi connectivity index (χ3n) is 3.40. The molecule has 2 N–H and O–H groups in total. The molecule has 0 aliphatic heterocycles. The van der Waals surface area contributed by atoms with E-state index in [0.717, 1.165) is 6.21 Å². The van der Waals surface area contributed by atoms with Gasteiger partial charge in [0.2, 0.25) is 0 Å². The summed E-state index contributed by atoms with van der Waals surface area (Å²) < 4.78 is 30.2. The largest absolute Gasteiger partial charge is 0.396 e. The van der Waals surface area contributed by atoms with Crippen LogP contribution in [-0.4, -0.2) is 21.3 Å². The predicted octanol–water partition coefficient (Wildman–Crippen LogP) is 4.32. The lowest BCUT2D eigenvalue weighted by Crippen LogP contribution is -2.05. The summed E-state index contributed by atoms with van der Waals surface area (Å²) in [4.78, 5) is 7.95. The van der Waals surface area contributed by atoms with Crippen molar-refractivity contribution in [1.82, 2.24) is 9.55 Å². The lowest BCUT2D eigenvalue weighted by atomic mass is 10.1. The van der Waals surface area contributed by atoms with Gasteiger partial charge in [0, 0.05) is 11.6 Å². The van der Waals surface area contributed by atoms with Crippen LogP contribution in [0.15, 0.2) is 23.0 Å². The third kappa shape index (κ3) is 3.52. The number of aryl methyl sites for hydroxylation is 1. The number of hydrogen-bond acceptors (Lipinski definition) is 3. The van der Waals surface area contributed by atoms with E-state index in [9.17, 15) is 8.78 Å². The van der Waals surface area contributed by atoms with Crippen molar-refractivity contribution in [2.24, 2.45) is 10.7 Å². The number of nitrogens with two attached hydrogens (primary N) is 1. The molecule has 1 atom stereocenters. The first kappa shape index (κ1) is 17.4. The van der Waals surface area contributed by atoms with Crippen molar-refractivity contribution >= 4 is 34.5 Å². The van der Waals surface area contributed by atoms with Gasteiger partial charge >= 0.3 is 0 Å². The second-order valence-electron chi connectivity index (χ2n) is 5.56. The molecule has 4 nitrogen and oxygen atoms in total. The Morgan fingerprint density at radius 3 is 2.61 bits per heavy atom. The smallest absolute Gasteiger partial charge is 0.164 e. The number of allylic oxidation sites excluding steroid dienone is 1. The van der Waals surface area contributed by atoms with Gasteiger partial charge in [0.15, 0.2) is 11.6 Å². The van der Waals surface area contributed by atoms with Crippen LogP contribution in [0.4, 0.5) is 8.78 Å². The Hall–Kier alpha value is -1.95. The highest BCUT2D eigenvalue weighted by Crippen LogP contribution is 2.27. The topological polar surface area (TPSA) is 56.2 Å². The molecule has 0 aliphatic carbocycles. The van der Waals surface area contributed by atoms with Crippen molar-refractivity contribution in [3.63, 3.8) is 0 Å². The lowest BCUT2D eigenvalue weighted by Gasteiger charge is -2.11. The number of aliphatic imine (C=N–C) groups is 1. The van der Waals surface area contributed by atoms with Gasteiger partial charge in [-0.2, -0.15) is 0 Å². The maximum atomic E-state index is 14.3. The van der Waals surface area contributed by atoms with Gasteiger partial charge in [-0.05, 0) is 39.8 Å². The van der Waals surface area contributed by atoms with Crippen LogP contribution in [0.1, 0.15) is 38.2 Å². The van der Waals surface area contributed by atoms with Crippen LogP contribution in [0.5, 0.6) is 0 Å². The van der Waals surface area contributed by atoms with Crippen LogP contribution in [0.2, 0.25) is 0 Å². The number of hydrogen-bond donors (Lipinski definition) is 1. The van der Waals surface area contributed by atoms with Crippen molar-refractivity contribution in [1.29, 1.82) is 0 Å². The number of nitrogens with zero attached hydrogens (tertiary/aromatic N) is 3. The molecule has 0 saturated heterocycles. The van der Waals surface area contributed by atoms with Gasteiger partial charge in [-0.25, -0.2) is 13.8 Å². The van der Waals surface area contributed by atoms with Gasteiger partial charge in [-0.15, -0.1) is 0 Å². The highest BCUT2D eigenvalue weighted by atomic mass is 35.5. The average molecular weight is 341 g/mol. The molecule has 124 valence electrons. The van der Waals surface area contributed by atoms with Crippen LogP contribution in [0.3, 0.4) is 0 Å². The quantitative estimate of drug-likeness (QED) is 0.512. The van der Waals surface area contributed by atoms with Crippen molar-refractivity contribution in [2.45, 2.75) is 39.2 Å². The maximum absolute atomic E-state index is 14.3. The Kier molecular flexibility index (Phi) is 5.04. The SMILES string of the molecule is Cc1nc2c(F)cc(/C(N)=C(\F)C=NC(C)Cl)cc2n1C(C)C. The second kappa shape index (κ2) is 6.66. The molecule has 0 spiro atoms. The van der Waals surface area contributed by atoms with Crippen molar-refractivity contribution in [2.75, 3.05) is 0 Å². The molecule has 2 rings (SSSR count). The summed E-state index contributed by atoms with van der Waals surface area (Å²) in [5.74, 6) is -0.617. The molecule has 23 heavy (non-hydrogen) atoms. The number of alkyl halides is 1. The summed E-state index contributed by atoms with van der Waals surface area (Å²) in [6.45, 7) is 7.32. The van der Waals surface area contributed by atoms with Gasteiger partial charge in [0.25, 0.3) is 0 Å². The van der Waals surface area contributed by atoms with Crippen LogP contribution in [-0.2, 0) is 0 Å². The zero-order chi connectivity index (χ0) is 17.3. The molecule has 1 aromatic carbocycles. The summed E-state index contributed by atoms with van der Waals surface area (Å²) in [5.41, 5.74) is 6.09. The summed E-state index contributed by atoms with van der Waals surface area (Å²) in [6.07, 6.45) is 0.945. The van der Waals surface area contributed by atoms with Crippen LogP contribution >= 0.6 is 11.6 Å². The van der Waals surface area contributed by atoms with E-state index in [0.29, 0.717) is 11.3 Å². The summed E-state index contributed by atoms with van der Waals surface area (Å²) in [5, 5.41) is 0. The normalized spacial score (nSPS) is 14.8. The third-order valence-corrected chi connectivity index (χ3v) is 3.52. The fraction of sp³-hybridized carbons (Fsp3) is 0.375. The molecule has 0 bridgehead atoms. The van der Waals surface area contributed by atoms with E-state index < -0.39 is 17.1 Å². The molecule has 0 amide bonds. The Bertz CT molecular complexity index is 791. The van der Waals surface area contributed by atoms with Crippen LogP contribution < -0.4 is 5.73 Å². The van der Waals surface area contributed by atoms with E-state index in [1.807, 2.05) is 18.4 Å². The molecule has 1 aromatic heterocycles. The number of halogens is 3. The molecule has 2 aromatic rings. The van der Waals surface area contributed by atoms with Crippen molar-refractivity contribution in [3.8, 4) is 0 Å². The fourth-order valence-corrected chi connectivity index (χ4v) is 2.51. The zero-order valence-electron chi connectivity index (χ0n) is 13.4. The maximum Gasteiger partial charge on any atom is 0.164 e. The Labute approximate surface area is 138 Å². The summed E-state index contributed by atoms with van der Waals surface area (Å²) >= 11 is 5.63. The van der Waals surface area contributed by atoms with E-state index in [1.54, 1.807) is 19.9 Å². The molecule has 1 unspecified atom stereocenters. The monoisotopic (exact) mass is 340 g/mol. The van der Waals surface area contributed by atoms with Crippen molar-refractivity contribution < 1.29 is 8.78 Å². The van der Waals surface area contributed by atoms with Gasteiger partial charge in [-0.3, -0.25) is 4.99 Å². The van der Waals surface area contributed by atoms with Gasteiger partial charge in [0.1, 0.15) is 16.8 Å². The highest BCUT2D eigenvalue weighted by Gasteiger charge is 2.16. The molecule has 0 fully saturated rings. The first-order chi connectivity index (χ1) is 10.7. The Morgan fingerprint density at radius 1 is 1.39 bits per heavy atom. The highest BCUT2D eigenvalue weighted by molar-refractivity contribution is 6.20. The van der Waals surface area contributed by atoms with Crippen LogP contribution in [0.25, 0.3) is 16.7 Å². The summed E-state index contributed by atoms with van der Waals surface area (Å²) in [7, 11) is 0. The van der Waals surface area contributed by atoms with Gasteiger partial charge in [0.05, 0.1) is 17.4 Å². The van der Waals surface area contributed by atoms with E-state index in [2.05, 4.69) is 9.98 Å². The fourth-order valence-electron chi connectivity index (χ4n) is 2.45. The molecule has 1 heterocycles. The van der Waals surface area contributed by atoms with E-state index >= 15 is 0 Å². The first-order valence-corrected chi connectivity index (χ1v) is 7.67. The summed E-state index contributed by atoms with van der Waals surface area (Å²) in [6, 6.07) is 2.89. The molecule has 0 radical (unpaired) electrons. The molecule has 0 saturated carbocycles. The predicted molar refractivity (Wildman–Crippen MR) is 90.8 cm³/mol. The number of benzene rings is 1. The van der Waals surface area contributed by atoms with Crippen molar-refractivity contribution in [3.05, 3.63) is 35.2 Å². The second-order valence-corrected chi connectivity index (χ2v) is 6.19. The lowest BCUT2D eigenvalue weighted by molar-refractivity contribution is 0.600. The first-order valence-electron chi connectivity index (χ1n) is 7.23. The minimum Gasteiger partial charge on any atom is -0.396 e. The molecule has 7 heteroatoms. The number of fused-ring (bicyclic) bond motifs is 1. The van der Waals surface area contributed by atoms with E-state index in [1.165, 1.54) is 6.07 Å². The zero-order valence-corrected chi connectivity index (χ0v) is 14.2. The standard InChI is InChI=1S/C16H19ClF2N4/c1-8(2)23-10(4)22-16-12(18)5-11(6-14(16)23)15(20)13(19)7-21-9(3)17/h5-9H,20H2,1-4H3/b15-13+,21-7?.